The molecule has 3 aromatic rings. The van der Waals surface area contributed by atoms with Gasteiger partial charge in [0.2, 0.25) is 10.0 Å². The lowest BCUT2D eigenvalue weighted by Crippen LogP contribution is -2.30. The average molecular weight is 372 g/mol. The number of nitrogens with zero attached hydrogens (tertiary/aromatic N) is 4. The lowest BCUT2D eigenvalue weighted by molar-refractivity contribution is 0.582. The van der Waals surface area contributed by atoms with Gasteiger partial charge in [-0.15, -0.1) is 10.2 Å². The van der Waals surface area contributed by atoms with Crippen LogP contribution < -0.4 is 10.0 Å². The highest BCUT2D eigenvalue weighted by Gasteiger charge is 2.10. The van der Waals surface area contributed by atoms with E-state index < -0.39 is 10.0 Å². The minimum absolute atomic E-state index is 0.0361. The maximum atomic E-state index is 12.0. The maximum absolute atomic E-state index is 12.0. The van der Waals surface area contributed by atoms with E-state index in [1.54, 1.807) is 28.9 Å². The van der Waals surface area contributed by atoms with Gasteiger partial charge in [0.1, 0.15) is 5.82 Å². The number of hydrogen-bond donors (Lipinski definition) is 2. The predicted octanol–water partition coefficient (Wildman–Crippen LogP) is 1.50. The third-order valence-electron chi connectivity index (χ3n) is 3.56. The second-order valence-electron chi connectivity index (χ2n) is 5.74. The Morgan fingerprint density at radius 2 is 1.81 bits per heavy atom. The molecule has 0 fully saturated rings. The molecule has 0 spiro atoms. The van der Waals surface area contributed by atoms with Gasteiger partial charge in [-0.25, -0.2) is 17.8 Å². The van der Waals surface area contributed by atoms with Crippen LogP contribution in [0, 0.1) is 6.92 Å². The van der Waals surface area contributed by atoms with Crippen molar-refractivity contribution in [1.29, 1.82) is 0 Å². The molecule has 0 aliphatic heterocycles. The molecule has 0 radical (unpaired) electrons. The summed E-state index contributed by atoms with van der Waals surface area (Å²) in [6.07, 6.45) is 1.81. The molecule has 8 nitrogen and oxygen atoms in total. The van der Waals surface area contributed by atoms with Gasteiger partial charge in [-0.3, -0.25) is 0 Å². The highest BCUT2D eigenvalue weighted by atomic mass is 32.2. The molecule has 0 atom stereocenters. The average Bonchev–Trinajstić information content (AvgIpc) is 3.06. The minimum atomic E-state index is -3.37. The van der Waals surface area contributed by atoms with Gasteiger partial charge in [0.05, 0.1) is 11.4 Å². The molecule has 2 N–H and O–H groups in total. The summed E-state index contributed by atoms with van der Waals surface area (Å²) in [4.78, 5) is 0. The zero-order chi connectivity index (χ0) is 18.4. The van der Waals surface area contributed by atoms with E-state index in [4.69, 9.17) is 0 Å². The summed E-state index contributed by atoms with van der Waals surface area (Å²) in [5, 5.41) is 15.5. The smallest absolute Gasteiger partial charge is 0.215 e. The number of nitrogens with one attached hydrogen (secondary N) is 2. The first kappa shape index (κ1) is 18.0. The Morgan fingerprint density at radius 1 is 1.00 bits per heavy atom. The van der Waals surface area contributed by atoms with Crippen LogP contribution in [0.5, 0.6) is 0 Å². The van der Waals surface area contributed by atoms with Crippen LogP contribution >= 0.6 is 0 Å². The van der Waals surface area contributed by atoms with Crippen LogP contribution in [0.1, 0.15) is 11.3 Å². The number of aryl methyl sites for hydroxylation is 1. The summed E-state index contributed by atoms with van der Waals surface area (Å²) in [5.74, 6) is 1.15. The van der Waals surface area contributed by atoms with E-state index >= 15 is 0 Å². The van der Waals surface area contributed by atoms with E-state index in [2.05, 4.69) is 25.3 Å². The Hall–Kier alpha value is -2.78. The van der Waals surface area contributed by atoms with Crippen molar-refractivity contribution in [3.8, 4) is 5.82 Å². The Bertz CT molecular complexity index is 939. The standard InChI is InChI=1S/C17H20N6O2S/c1-14-9-12-23(22-14)17-8-7-16(20-21-17)18-10-11-19-26(24,25)13-15-5-3-2-4-6-15/h2-9,12,19H,10-11,13H2,1H3,(H,18,20). The van der Waals surface area contributed by atoms with Crippen molar-refractivity contribution >= 4 is 15.8 Å². The summed E-state index contributed by atoms with van der Waals surface area (Å²) >= 11 is 0. The molecular formula is C17H20N6O2S. The van der Waals surface area contributed by atoms with Gasteiger partial charge in [-0.2, -0.15) is 5.10 Å². The lowest BCUT2D eigenvalue weighted by Gasteiger charge is -2.08. The summed E-state index contributed by atoms with van der Waals surface area (Å²) < 4.78 is 28.3. The molecule has 2 aromatic heterocycles. The molecule has 3 rings (SSSR count). The molecule has 26 heavy (non-hydrogen) atoms. The van der Waals surface area contributed by atoms with Gasteiger partial charge in [0.15, 0.2) is 5.82 Å². The van der Waals surface area contributed by atoms with E-state index in [-0.39, 0.29) is 12.3 Å². The second kappa shape index (κ2) is 8.07. The zero-order valence-electron chi connectivity index (χ0n) is 14.3. The van der Waals surface area contributed by atoms with Crippen LogP contribution in [0.3, 0.4) is 0 Å². The number of rotatable bonds is 8. The van der Waals surface area contributed by atoms with Crippen LogP contribution in [0.4, 0.5) is 5.82 Å². The van der Waals surface area contributed by atoms with E-state index in [1.165, 1.54) is 0 Å². The molecule has 0 saturated heterocycles. The molecular weight excluding hydrogens is 352 g/mol. The fourth-order valence-corrected chi connectivity index (χ4v) is 3.47. The Labute approximate surface area is 152 Å². The number of anilines is 1. The molecule has 9 heteroatoms. The summed E-state index contributed by atoms with van der Waals surface area (Å²) in [6.45, 7) is 2.57. The first-order chi connectivity index (χ1) is 12.5. The molecule has 0 amide bonds. The Kier molecular flexibility index (Phi) is 5.59. The van der Waals surface area contributed by atoms with Crippen LogP contribution in [-0.2, 0) is 15.8 Å². The molecule has 0 aliphatic rings. The third kappa shape index (κ3) is 5.11. The quantitative estimate of drug-likeness (QED) is 0.581. The number of aromatic nitrogens is 4. The molecule has 2 heterocycles. The largest absolute Gasteiger partial charge is 0.367 e. The Balaban J connectivity index is 1.46. The van der Waals surface area contributed by atoms with Crippen LogP contribution in [0.25, 0.3) is 5.82 Å². The summed E-state index contributed by atoms with van der Waals surface area (Å²) in [6, 6.07) is 14.5. The predicted molar refractivity (Wildman–Crippen MR) is 99.4 cm³/mol. The van der Waals surface area contributed by atoms with Crippen molar-refractivity contribution in [3.05, 3.63) is 66.0 Å². The third-order valence-corrected chi connectivity index (χ3v) is 4.92. The van der Waals surface area contributed by atoms with E-state index in [1.807, 2.05) is 37.4 Å². The van der Waals surface area contributed by atoms with Gasteiger partial charge < -0.3 is 5.32 Å². The second-order valence-corrected chi connectivity index (χ2v) is 7.55. The topological polar surface area (TPSA) is 102 Å². The summed E-state index contributed by atoms with van der Waals surface area (Å²) in [7, 11) is -3.37. The fourth-order valence-electron chi connectivity index (χ4n) is 2.33. The van der Waals surface area contributed by atoms with E-state index in [0.717, 1.165) is 11.3 Å². The highest BCUT2D eigenvalue weighted by Crippen LogP contribution is 2.07. The SMILES string of the molecule is Cc1ccn(-c2ccc(NCCNS(=O)(=O)Cc3ccccc3)nn2)n1. The first-order valence-electron chi connectivity index (χ1n) is 8.13. The van der Waals surface area contributed by atoms with Crippen LogP contribution in [0.2, 0.25) is 0 Å². The van der Waals surface area contributed by atoms with Gasteiger partial charge >= 0.3 is 0 Å². The van der Waals surface area contributed by atoms with E-state index in [0.29, 0.717) is 18.2 Å². The zero-order valence-corrected chi connectivity index (χ0v) is 15.1. The van der Waals surface area contributed by atoms with Gasteiger partial charge in [-0.1, -0.05) is 30.3 Å². The highest BCUT2D eigenvalue weighted by molar-refractivity contribution is 7.88. The number of sulfonamides is 1. The molecule has 0 aliphatic carbocycles. The van der Waals surface area contributed by atoms with Gasteiger partial charge in [0, 0.05) is 19.3 Å². The normalized spacial score (nSPS) is 11.4. The van der Waals surface area contributed by atoms with Crippen molar-refractivity contribution in [3.63, 3.8) is 0 Å². The van der Waals surface area contributed by atoms with Crippen molar-refractivity contribution < 1.29 is 8.42 Å². The molecule has 0 saturated carbocycles. The summed E-state index contributed by atoms with van der Waals surface area (Å²) in [5.41, 5.74) is 1.65. The molecule has 0 bridgehead atoms. The monoisotopic (exact) mass is 372 g/mol. The molecule has 0 unspecified atom stereocenters. The number of hydrogen-bond acceptors (Lipinski definition) is 6. The van der Waals surface area contributed by atoms with Crippen LogP contribution in [-0.4, -0.2) is 41.5 Å². The molecule has 136 valence electrons. The first-order valence-corrected chi connectivity index (χ1v) is 9.79. The van der Waals surface area contributed by atoms with Gasteiger partial charge in [0.25, 0.3) is 0 Å². The van der Waals surface area contributed by atoms with Crippen LogP contribution in [0.15, 0.2) is 54.7 Å². The van der Waals surface area contributed by atoms with Crippen molar-refractivity contribution in [2.45, 2.75) is 12.7 Å². The van der Waals surface area contributed by atoms with Crippen molar-refractivity contribution in [1.82, 2.24) is 24.7 Å². The fraction of sp³-hybridized carbons (Fsp3) is 0.235. The van der Waals surface area contributed by atoms with Gasteiger partial charge in [-0.05, 0) is 30.7 Å². The Morgan fingerprint density at radius 3 is 2.46 bits per heavy atom. The lowest BCUT2D eigenvalue weighted by atomic mass is 10.2. The van der Waals surface area contributed by atoms with E-state index in [9.17, 15) is 8.42 Å². The number of benzene rings is 1. The minimum Gasteiger partial charge on any atom is -0.367 e. The van der Waals surface area contributed by atoms with Crippen molar-refractivity contribution in [2.75, 3.05) is 18.4 Å². The maximum Gasteiger partial charge on any atom is 0.215 e. The molecule has 1 aromatic carbocycles. The van der Waals surface area contributed by atoms with Crippen molar-refractivity contribution in [2.24, 2.45) is 0 Å².